The quantitative estimate of drug-likeness (QED) is 0.742. The van der Waals surface area contributed by atoms with Crippen molar-refractivity contribution in [3.8, 4) is 0 Å². The third kappa shape index (κ3) is 5.15. The van der Waals surface area contributed by atoms with Gasteiger partial charge in [0.1, 0.15) is 11.6 Å². The monoisotopic (exact) mass is 398 g/mol. The minimum atomic E-state index is -0.298. The van der Waals surface area contributed by atoms with Crippen LogP contribution in [-0.2, 0) is 13.0 Å². The number of unbranched alkanes of at least 4 members (excludes halogenated alkanes) is 1. The molecule has 4 heterocycles. The fourth-order valence-electron chi connectivity index (χ4n) is 4.58. The number of pyridine rings is 1. The largest absolute Gasteiger partial charge is 0.390 e. The Labute approximate surface area is 173 Å². The maximum absolute atomic E-state index is 10.8. The van der Waals surface area contributed by atoms with Crippen LogP contribution in [0.2, 0.25) is 0 Å². The number of nitrogens with one attached hydrogen (secondary N) is 1. The summed E-state index contributed by atoms with van der Waals surface area (Å²) in [6, 6.07) is 6.34. The number of hydrogen-bond donors (Lipinski definition) is 2. The number of aromatic nitrogens is 3. The average molecular weight is 399 g/mol. The summed E-state index contributed by atoms with van der Waals surface area (Å²) in [6.45, 7) is 8.71. The van der Waals surface area contributed by atoms with E-state index in [1.54, 1.807) is 0 Å². The Morgan fingerprint density at radius 2 is 2.00 bits per heavy atom. The zero-order chi connectivity index (χ0) is 20.1. The molecule has 0 aromatic carbocycles. The second-order valence-corrected chi connectivity index (χ2v) is 8.33. The highest BCUT2D eigenvalue weighted by molar-refractivity contribution is 5.38. The molecule has 0 unspecified atom stereocenters. The van der Waals surface area contributed by atoms with Crippen LogP contribution in [0.3, 0.4) is 0 Å². The van der Waals surface area contributed by atoms with Crippen molar-refractivity contribution >= 4 is 5.82 Å². The number of β-amino-alcohol motifs (C(OH)–C–C–N with tert-alkyl or cyclic N) is 1. The highest BCUT2D eigenvalue weighted by atomic mass is 16.3. The lowest BCUT2D eigenvalue weighted by Gasteiger charge is -2.45. The number of aliphatic hydroxyl groups excluding tert-OH is 1. The van der Waals surface area contributed by atoms with Gasteiger partial charge in [-0.2, -0.15) is 0 Å². The number of aryl methyl sites for hydroxylation is 1. The first-order chi connectivity index (χ1) is 14.2. The van der Waals surface area contributed by atoms with Gasteiger partial charge in [0, 0.05) is 76.4 Å². The molecule has 7 nitrogen and oxygen atoms in total. The van der Waals surface area contributed by atoms with Crippen LogP contribution < -0.4 is 4.90 Å². The summed E-state index contributed by atoms with van der Waals surface area (Å²) < 4.78 is 0. The SMILES string of the molecule is CCCCc1ncc(CN2CC[C@@H](N3CCN(c4ccccn4)CC3)[C@H](O)C2)[nH]1. The molecule has 2 atom stereocenters. The number of rotatable bonds is 7. The summed E-state index contributed by atoms with van der Waals surface area (Å²) in [5.41, 5.74) is 1.16. The Morgan fingerprint density at radius 1 is 1.14 bits per heavy atom. The van der Waals surface area contributed by atoms with Crippen LogP contribution in [0, 0.1) is 0 Å². The summed E-state index contributed by atoms with van der Waals surface area (Å²) in [5.74, 6) is 2.14. The van der Waals surface area contributed by atoms with Crippen LogP contribution in [-0.4, -0.2) is 81.3 Å². The van der Waals surface area contributed by atoms with Crippen molar-refractivity contribution in [2.24, 2.45) is 0 Å². The number of anilines is 1. The molecule has 29 heavy (non-hydrogen) atoms. The number of nitrogens with zero attached hydrogens (tertiary/aromatic N) is 5. The second-order valence-electron chi connectivity index (χ2n) is 8.33. The zero-order valence-electron chi connectivity index (χ0n) is 17.5. The van der Waals surface area contributed by atoms with Crippen molar-refractivity contribution in [1.82, 2.24) is 24.8 Å². The van der Waals surface area contributed by atoms with Crippen molar-refractivity contribution in [2.75, 3.05) is 44.2 Å². The fourth-order valence-corrected chi connectivity index (χ4v) is 4.58. The molecule has 2 saturated heterocycles. The van der Waals surface area contributed by atoms with E-state index >= 15 is 0 Å². The molecule has 2 aliphatic rings. The van der Waals surface area contributed by atoms with E-state index in [1.807, 2.05) is 24.5 Å². The first-order valence-corrected chi connectivity index (χ1v) is 11.1. The summed E-state index contributed by atoms with van der Waals surface area (Å²) in [7, 11) is 0. The zero-order valence-corrected chi connectivity index (χ0v) is 17.5. The van der Waals surface area contributed by atoms with Crippen LogP contribution in [0.25, 0.3) is 0 Å². The topological polar surface area (TPSA) is 71.5 Å². The van der Waals surface area contributed by atoms with Crippen LogP contribution in [0.1, 0.15) is 37.7 Å². The van der Waals surface area contributed by atoms with Gasteiger partial charge in [0.25, 0.3) is 0 Å². The number of piperidine rings is 1. The summed E-state index contributed by atoms with van der Waals surface area (Å²) in [6.07, 6.45) is 7.91. The molecule has 2 aliphatic heterocycles. The summed E-state index contributed by atoms with van der Waals surface area (Å²) in [5, 5.41) is 10.8. The van der Waals surface area contributed by atoms with E-state index in [9.17, 15) is 5.11 Å². The first kappa shape index (κ1) is 20.3. The van der Waals surface area contributed by atoms with Gasteiger partial charge in [-0.1, -0.05) is 19.4 Å². The van der Waals surface area contributed by atoms with Gasteiger partial charge >= 0.3 is 0 Å². The van der Waals surface area contributed by atoms with Gasteiger partial charge in [-0.15, -0.1) is 0 Å². The number of piperazine rings is 1. The number of imidazole rings is 1. The smallest absolute Gasteiger partial charge is 0.128 e. The number of aromatic amines is 1. The van der Waals surface area contributed by atoms with Gasteiger partial charge < -0.3 is 15.0 Å². The van der Waals surface area contributed by atoms with Crippen molar-refractivity contribution in [2.45, 2.75) is 51.3 Å². The highest BCUT2D eigenvalue weighted by Crippen LogP contribution is 2.22. The molecular formula is C22H34N6O. The normalized spacial score (nSPS) is 24.1. The Balaban J connectivity index is 1.25. The van der Waals surface area contributed by atoms with Crippen molar-refractivity contribution < 1.29 is 5.11 Å². The minimum absolute atomic E-state index is 0.263. The predicted octanol–water partition coefficient (Wildman–Crippen LogP) is 1.90. The summed E-state index contributed by atoms with van der Waals surface area (Å²) >= 11 is 0. The maximum atomic E-state index is 10.8. The molecule has 2 aromatic rings. The van der Waals surface area contributed by atoms with Crippen LogP contribution in [0.4, 0.5) is 5.82 Å². The molecule has 0 aliphatic carbocycles. The minimum Gasteiger partial charge on any atom is -0.390 e. The third-order valence-corrected chi connectivity index (χ3v) is 6.23. The highest BCUT2D eigenvalue weighted by Gasteiger charge is 2.33. The average Bonchev–Trinajstić information content (AvgIpc) is 3.20. The summed E-state index contributed by atoms with van der Waals surface area (Å²) in [4.78, 5) is 19.6. The van der Waals surface area contributed by atoms with Gasteiger partial charge in [-0.3, -0.25) is 9.80 Å². The van der Waals surface area contributed by atoms with E-state index in [4.69, 9.17) is 0 Å². The van der Waals surface area contributed by atoms with Gasteiger partial charge in [-0.05, 0) is 25.0 Å². The molecule has 0 bridgehead atoms. The number of H-pyrrole nitrogens is 1. The Morgan fingerprint density at radius 3 is 2.72 bits per heavy atom. The third-order valence-electron chi connectivity index (χ3n) is 6.23. The van der Waals surface area contributed by atoms with E-state index in [0.717, 1.165) is 76.0 Å². The Kier molecular flexibility index (Phi) is 6.79. The standard InChI is InChI=1S/C22H34N6O/c1-2-3-6-21-24-15-18(25-21)16-26-10-8-19(20(29)17-26)27-11-13-28(14-12-27)22-7-4-5-9-23-22/h4-5,7,9,15,19-20,29H,2-3,6,8,10-14,16-17H2,1H3,(H,24,25)/t19-,20-/m1/s1. The molecule has 0 radical (unpaired) electrons. The van der Waals surface area contributed by atoms with Crippen molar-refractivity contribution in [3.63, 3.8) is 0 Å². The molecule has 4 rings (SSSR count). The van der Waals surface area contributed by atoms with Gasteiger partial charge in [-0.25, -0.2) is 9.97 Å². The molecule has 2 N–H and O–H groups in total. The predicted molar refractivity (Wildman–Crippen MR) is 115 cm³/mol. The van der Waals surface area contributed by atoms with Crippen LogP contribution >= 0.6 is 0 Å². The first-order valence-electron chi connectivity index (χ1n) is 11.1. The van der Waals surface area contributed by atoms with Gasteiger partial charge in [0.2, 0.25) is 0 Å². The van der Waals surface area contributed by atoms with Crippen LogP contribution in [0.15, 0.2) is 30.6 Å². The van der Waals surface area contributed by atoms with E-state index in [2.05, 4.69) is 42.6 Å². The second kappa shape index (κ2) is 9.69. The number of hydrogen-bond acceptors (Lipinski definition) is 6. The molecule has 2 fully saturated rings. The lowest BCUT2D eigenvalue weighted by molar-refractivity contribution is -0.0174. The molecular weight excluding hydrogens is 364 g/mol. The lowest BCUT2D eigenvalue weighted by Crippen LogP contribution is -2.58. The van der Waals surface area contributed by atoms with Crippen molar-refractivity contribution in [1.29, 1.82) is 0 Å². The van der Waals surface area contributed by atoms with E-state index < -0.39 is 0 Å². The van der Waals surface area contributed by atoms with Crippen LogP contribution in [0.5, 0.6) is 0 Å². The molecule has 0 saturated carbocycles. The fraction of sp³-hybridized carbons (Fsp3) is 0.636. The van der Waals surface area contributed by atoms with E-state index in [1.165, 1.54) is 12.8 Å². The van der Waals surface area contributed by atoms with Gasteiger partial charge in [0.05, 0.1) is 6.10 Å². The Hall–Kier alpha value is -1.96. The van der Waals surface area contributed by atoms with Gasteiger partial charge in [0.15, 0.2) is 0 Å². The van der Waals surface area contributed by atoms with E-state index in [-0.39, 0.29) is 12.1 Å². The molecule has 158 valence electrons. The maximum Gasteiger partial charge on any atom is 0.128 e. The Bertz CT molecular complexity index is 743. The molecule has 7 heteroatoms. The van der Waals surface area contributed by atoms with E-state index in [0.29, 0.717) is 0 Å². The lowest BCUT2D eigenvalue weighted by atomic mass is 9.99. The molecule has 0 amide bonds. The molecule has 0 spiro atoms. The molecule has 2 aromatic heterocycles. The number of likely N-dealkylation sites (tertiary alicyclic amines) is 1. The number of aliphatic hydroxyl groups is 1. The van der Waals surface area contributed by atoms with Crippen molar-refractivity contribution in [3.05, 3.63) is 42.1 Å².